The first kappa shape index (κ1) is 13.1. The Morgan fingerprint density at radius 2 is 1.89 bits per heavy atom. The van der Waals surface area contributed by atoms with Crippen LogP contribution in [0, 0.1) is 6.92 Å². The standard InChI is InChI=1S/C14H17N3O2/c1-10-13(15-2)16-9-17-14(10)19-8-11-4-6-12(18-3)7-5-11/h4-7,9H,8H2,1-3H3,(H,15,16,17). The minimum Gasteiger partial charge on any atom is -0.497 e. The van der Waals surface area contributed by atoms with Crippen molar-refractivity contribution in [1.29, 1.82) is 0 Å². The third-order valence-electron chi connectivity index (χ3n) is 2.81. The zero-order valence-corrected chi connectivity index (χ0v) is 11.3. The van der Waals surface area contributed by atoms with Gasteiger partial charge in [0.1, 0.15) is 24.5 Å². The molecular weight excluding hydrogens is 242 g/mol. The van der Waals surface area contributed by atoms with Gasteiger partial charge < -0.3 is 14.8 Å². The fourth-order valence-corrected chi connectivity index (χ4v) is 1.71. The van der Waals surface area contributed by atoms with Crippen LogP contribution in [0.4, 0.5) is 5.82 Å². The van der Waals surface area contributed by atoms with Gasteiger partial charge in [0.25, 0.3) is 0 Å². The zero-order valence-electron chi connectivity index (χ0n) is 11.3. The molecule has 0 bridgehead atoms. The summed E-state index contributed by atoms with van der Waals surface area (Å²) in [6.07, 6.45) is 1.49. The molecule has 0 saturated heterocycles. The molecule has 5 heteroatoms. The van der Waals surface area contributed by atoms with E-state index < -0.39 is 0 Å². The highest BCUT2D eigenvalue weighted by molar-refractivity contribution is 5.46. The zero-order chi connectivity index (χ0) is 13.7. The van der Waals surface area contributed by atoms with E-state index in [9.17, 15) is 0 Å². The first-order chi connectivity index (χ1) is 9.24. The van der Waals surface area contributed by atoms with Crippen LogP contribution in [0.25, 0.3) is 0 Å². The number of ether oxygens (including phenoxy) is 2. The molecule has 1 heterocycles. The van der Waals surface area contributed by atoms with E-state index in [0.717, 1.165) is 22.7 Å². The van der Waals surface area contributed by atoms with E-state index >= 15 is 0 Å². The number of rotatable bonds is 5. The van der Waals surface area contributed by atoms with Crippen LogP contribution < -0.4 is 14.8 Å². The Morgan fingerprint density at radius 1 is 1.16 bits per heavy atom. The second-order valence-corrected chi connectivity index (χ2v) is 4.04. The van der Waals surface area contributed by atoms with Crippen molar-refractivity contribution >= 4 is 5.82 Å². The lowest BCUT2D eigenvalue weighted by atomic mass is 10.2. The van der Waals surface area contributed by atoms with Gasteiger partial charge in [-0.05, 0) is 24.6 Å². The SMILES string of the molecule is CNc1ncnc(OCc2ccc(OC)cc2)c1C. The molecule has 2 rings (SSSR count). The smallest absolute Gasteiger partial charge is 0.221 e. The molecular formula is C14H17N3O2. The Bertz CT molecular complexity index is 541. The molecule has 0 aliphatic carbocycles. The molecule has 0 radical (unpaired) electrons. The molecule has 0 saturated carbocycles. The van der Waals surface area contributed by atoms with E-state index in [4.69, 9.17) is 9.47 Å². The fraction of sp³-hybridized carbons (Fsp3) is 0.286. The van der Waals surface area contributed by atoms with Crippen LogP contribution >= 0.6 is 0 Å². The Morgan fingerprint density at radius 3 is 2.53 bits per heavy atom. The van der Waals surface area contributed by atoms with Gasteiger partial charge in [-0.25, -0.2) is 9.97 Å². The topological polar surface area (TPSA) is 56.3 Å². The van der Waals surface area contributed by atoms with Crippen LogP contribution in [-0.2, 0) is 6.61 Å². The molecule has 0 spiro atoms. The molecule has 1 aromatic heterocycles. The van der Waals surface area contributed by atoms with E-state index in [-0.39, 0.29) is 0 Å². The first-order valence-electron chi connectivity index (χ1n) is 5.99. The second-order valence-electron chi connectivity index (χ2n) is 4.04. The number of hydrogen-bond acceptors (Lipinski definition) is 5. The van der Waals surface area contributed by atoms with Crippen molar-refractivity contribution in [2.75, 3.05) is 19.5 Å². The highest BCUT2D eigenvalue weighted by Crippen LogP contribution is 2.21. The van der Waals surface area contributed by atoms with Crippen molar-refractivity contribution in [2.45, 2.75) is 13.5 Å². The van der Waals surface area contributed by atoms with Crippen molar-refractivity contribution in [3.63, 3.8) is 0 Å². The van der Waals surface area contributed by atoms with E-state index in [1.807, 2.05) is 38.2 Å². The summed E-state index contributed by atoms with van der Waals surface area (Å²) in [6.45, 7) is 2.39. The minimum atomic E-state index is 0.463. The van der Waals surface area contributed by atoms with Crippen LogP contribution in [-0.4, -0.2) is 24.1 Å². The molecule has 1 aromatic carbocycles. The summed E-state index contributed by atoms with van der Waals surface area (Å²) in [5.41, 5.74) is 1.96. The Balaban J connectivity index is 2.05. The lowest BCUT2D eigenvalue weighted by Crippen LogP contribution is -2.03. The van der Waals surface area contributed by atoms with E-state index in [1.54, 1.807) is 7.11 Å². The predicted octanol–water partition coefficient (Wildman–Crippen LogP) is 2.41. The van der Waals surface area contributed by atoms with Crippen LogP contribution in [0.3, 0.4) is 0 Å². The highest BCUT2D eigenvalue weighted by Gasteiger charge is 2.06. The summed E-state index contributed by atoms with van der Waals surface area (Å²) in [7, 11) is 3.47. The normalized spacial score (nSPS) is 10.1. The summed E-state index contributed by atoms with van der Waals surface area (Å²) in [4.78, 5) is 8.25. The van der Waals surface area contributed by atoms with Gasteiger partial charge in [-0.2, -0.15) is 0 Å². The average Bonchev–Trinajstić information content (AvgIpc) is 2.47. The molecule has 0 unspecified atom stereocenters. The maximum Gasteiger partial charge on any atom is 0.221 e. The van der Waals surface area contributed by atoms with Crippen molar-refractivity contribution < 1.29 is 9.47 Å². The largest absolute Gasteiger partial charge is 0.497 e. The second kappa shape index (κ2) is 6.04. The van der Waals surface area contributed by atoms with Crippen molar-refractivity contribution in [3.05, 3.63) is 41.7 Å². The first-order valence-corrected chi connectivity index (χ1v) is 5.99. The minimum absolute atomic E-state index is 0.463. The van der Waals surface area contributed by atoms with Crippen LogP contribution in [0.5, 0.6) is 11.6 Å². The van der Waals surface area contributed by atoms with Gasteiger partial charge in [0.15, 0.2) is 0 Å². The Kier molecular flexibility index (Phi) is 4.18. The molecule has 19 heavy (non-hydrogen) atoms. The van der Waals surface area contributed by atoms with Crippen molar-refractivity contribution in [1.82, 2.24) is 9.97 Å². The Hall–Kier alpha value is -2.30. The number of aromatic nitrogens is 2. The quantitative estimate of drug-likeness (QED) is 0.893. The number of anilines is 1. The van der Waals surface area contributed by atoms with E-state index in [0.29, 0.717) is 12.5 Å². The molecule has 0 aliphatic rings. The van der Waals surface area contributed by atoms with Crippen LogP contribution in [0.15, 0.2) is 30.6 Å². The number of methoxy groups -OCH3 is 1. The number of nitrogens with one attached hydrogen (secondary N) is 1. The summed E-state index contributed by atoms with van der Waals surface area (Å²) >= 11 is 0. The number of nitrogens with zero attached hydrogens (tertiary/aromatic N) is 2. The van der Waals surface area contributed by atoms with Crippen molar-refractivity contribution in [2.24, 2.45) is 0 Å². The Labute approximate surface area is 112 Å². The van der Waals surface area contributed by atoms with Crippen molar-refractivity contribution in [3.8, 4) is 11.6 Å². The molecule has 0 fully saturated rings. The number of hydrogen-bond donors (Lipinski definition) is 1. The molecule has 0 atom stereocenters. The maximum absolute atomic E-state index is 5.71. The molecule has 100 valence electrons. The summed E-state index contributed by atoms with van der Waals surface area (Å²) in [5.74, 6) is 2.20. The monoisotopic (exact) mass is 259 g/mol. The van der Waals surface area contributed by atoms with Gasteiger partial charge in [0.05, 0.1) is 12.7 Å². The maximum atomic E-state index is 5.71. The summed E-state index contributed by atoms with van der Waals surface area (Å²) in [6, 6.07) is 7.75. The predicted molar refractivity (Wildman–Crippen MR) is 73.6 cm³/mol. The molecule has 2 aromatic rings. The number of benzene rings is 1. The summed E-state index contributed by atoms with van der Waals surface area (Å²) < 4.78 is 10.8. The van der Waals surface area contributed by atoms with Gasteiger partial charge >= 0.3 is 0 Å². The van der Waals surface area contributed by atoms with Gasteiger partial charge in [-0.3, -0.25) is 0 Å². The highest BCUT2D eigenvalue weighted by atomic mass is 16.5. The average molecular weight is 259 g/mol. The lowest BCUT2D eigenvalue weighted by Gasteiger charge is -2.10. The molecule has 0 amide bonds. The van der Waals surface area contributed by atoms with E-state index in [2.05, 4.69) is 15.3 Å². The summed E-state index contributed by atoms with van der Waals surface area (Å²) in [5, 5.41) is 3.00. The van der Waals surface area contributed by atoms with Crippen LogP contribution in [0.1, 0.15) is 11.1 Å². The molecule has 5 nitrogen and oxygen atoms in total. The van der Waals surface area contributed by atoms with Gasteiger partial charge in [-0.1, -0.05) is 12.1 Å². The van der Waals surface area contributed by atoms with E-state index in [1.165, 1.54) is 6.33 Å². The van der Waals surface area contributed by atoms with Crippen LogP contribution in [0.2, 0.25) is 0 Å². The van der Waals surface area contributed by atoms with Gasteiger partial charge in [-0.15, -0.1) is 0 Å². The lowest BCUT2D eigenvalue weighted by molar-refractivity contribution is 0.291. The third kappa shape index (κ3) is 3.13. The fourth-order valence-electron chi connectivity index (χ4n) is 1.71. The third-order valence-corrected chi connectivity index (χ3v) is 2.81. The van der Waals surface area contributed by atoms with Gasteiger partial charge in [0, 0.05) is 7.05 Å². The van der Waals surface area contributed by atoms with Gasteiger partial charge in [0.2, 0.25) is 5.88 Å². The molecule has 0 aliphatic heterocycles. The molecule has 1 N–H and O–H groups in total.